The van der Waals surface area contributed by atoms with Gasteiger partial charge in [0.25, 0.3) is 5.69 Å². The number of nitro groups is 1. The highest BCUT2D eigenvalue weighted by Crippen LogP contribution is 2.23. The number of nitrogens with one attached hydrogen (secondary N) is 1. The predicted molar refractivity (Wildman–Crippen MR) is 101 cm³/mol. The van der Waals surface area contributed by atoms with E-state index in [0.717, 1.165) is 25.7 Å². The first-order chi connectivity index (χ1) is 13.5. The third-order valence-electron chi connectivity index (χ3n) is 4.73. The Morgan fingerprint density at radius 2 is 2.00 bits per heavy atom. The van der Waals surface area contributed by atoms with Gasteiger partial charge in [-0.2, -0.15) is 5.26 Å². The number of carbonyl (C=O) groups is 1. The summed E-state index contributed by atoms with van der Waals surface area (Å²) in [6, 6.07) is 11.7. The number of rotatable bonds is 6. The molecular formula is C20H20N4O4. The molecule has 1 aromatic carbocycles. The number of amides is 1. The second-order valence-corrected chi connectivity index (χ2v) is 6.72. The number of hydrogen-bond donors (Lipinski definition) is 1. The Kier molecular flexibility index (Phi) is 6.17. The molecule has 1 aliphatic rings. The van der Waals surface area contributed by atoms with Crippen molar-refractivity contribution in [2.45, 2.75) is 44.2 Å². The second-order valence-electron chi connectivity index (χ2n) is 6.72. The molecule has 1 heterocycles. The lowest BCUT2D eigenvalue weighted by Crippen LogP contribution is -2.40. The molecule has 0 radical (unpaired) electrons. The smallest absolute Gasteiger partial charge is 0.273 e. The molecule has 0 unspecified atom stereocenters. The summed E-state index contributed by atoms with van der Waals surface area (Å²) >= 11 is 0. The van der Waals surface area contributed by atoms with Crippen molar-refractivity contribution in [1.29, 1.82) is 5.26 Å². The van der Waals surface area contributed by atoms with Gasteiger partial charge in [0.15, 0.2) is 0 Å². The van der Waals surface area contributed by atoms with E-state index in [1.54, 1.807) is 30.3 Å². The number of hydrogen-bond acceptors (Lipinski definition) is 6. The third kappa shape index (κ3) is 5.04. The van der Waals surface area contributed by atoms with Gasteiger partial charge in [-0.05, 0) is 31.7 Å². The van der Waals surface area contributed by atoms with E-state index in [2.05, 4.69) is 10.3 Å². The summed E-state index contributed by atoms with van der Waals surface area (Å²) in [6.45, 7) is 0. The molecule has 0 saturated heterocycles. The van der Waals surface area contributed by atoms with Gasteiger partial charge in [0.05, 0.1) is 16.9 Å². The predicted octanol–water partition coefficient (Wildman–Crippen LogP) is 2.91. The van der Waals surface area contributed by atoms with Crippen LogP contribution in [0.1, 0.15) is 36.8 Å². The highest BCUT2D eigenvalue weighted by atomic mass is 16.6. The van der Waals surface area contributed by atoms with Crippen LogP contribution in [0, 0.1) is 21.4 Å². The van der Waals surface area contributed by atoms with E-state index in [4.69, 9.17) is 10.00 Å². The number of pyridine rings is 1. The summed E-state index contributed by atoms with van der Waals surface area (Å²) in [7, 11) is 0. The minimum absolute atomic E-state index is 0.0112. The second kappa shape index (κ2) is 8.95. The van der Waals surface area contributed by atoms with Gasteiger partial charge in [-0.15, -0.1) is 0 Å². The molecule has 0 atom stereocenters. The molecule has 8 heteroatoms. The van der Waals surface area contributed by atoms with Crippen molar-refractivity contribution in [3.63, 3.8) is 0 Å². The normalized spacial score (nSPS) is 18.7. The first-order valence-corrected chi connectivity index (χ1v) is 9.09. The Morgan fingerprint density at radius 1 is 1.25 bits per heavy atom. The minimum Gasteiger partial charge on any atom is -0.474 e. The highest BCUT2D eigenvalue weighted by molar-refractivity contribution is 5.80. The van der Waals surface area contributed by atoms with Crippen LogP contribution in [-0.2, 0) is 11.2 Å². The topological polar surface area (TPSA) is 118 Å². The summed E-state index contributed by atoms with van der Waals surface area (Å²) in [5.74, 6) is 0.273. The van der Waals surface area contributed by atoms with Gasteiger partial charge in [-0.1, -0.05) is 18.2 Å². The SMILES string of the molecule is N#Cc1ccc(OC2CCC(NC(=O)Cc3ccccc3[N+](=O)[O-])CC2)nc1. The zero-order chi connectivity index (χ0) is 19.9. The minimum atomic E-state index is -0.470. The summed E-state index contributed by atoms with van der Waals surface area (Å²) < 4.78 is 5.84. The maximum atomic E-state index is 12.3. The van der Waals surface area contributed by atoms with Crippen molar-refractivity contribution >= 4 is 11.6 Å². The van der Waals surface area contributed by atoms with E-state index in [-0.39, 0.29) is 30.2 Å². The molecule has 1 saturated carbocycles. The van der Waals surface area contributed by atoms with Crippen molar-refractivity contribution in [3.05, 3.63) is 63.8 Å². The number of nitriles is 1. The Labute approximate surface area is 162 Å². The average Bonchev–Trinajstić information content (AvgIpc) is 2.70. The van der Waals surface area contributed by atoms with E-state index in [1.165, 1.54) is 12.3 Å². The average molecular weight is 380 g/mol. The van der Waals surface area contributed by atoms with Crippen LogP contribution in [0.5, 0.6) is 5.88 Å². The zero-order valence-corrected chi connectivity index (χ0v) is 15.2. The summed E-state index contributed by atoms with van der Waals surface area (Å²) in [5, 5.41) is 22.8. The fourth-order valence-electron chi connectivity index (χ4n) is 3.30. The zero-order valence-electron chi connectivity index (χ0n) is 15.2. The van der Waals surface area contributed by atoms with E-state index in [9.17, 15) is 14.9 Å². The monoisotopic (exact) mass is 380 g/mol. The van der Waals surface area contributed by atoms with Crippen LogP contribution < -0.4 is 10.1 Å². The van der Waals surface area contributed by atoms with Crippen LogP contribution in [-0.4, -0.2) is 28.0 Å². The first-order valence-electron chi connectivity index (χ1n) is 9.09. The van der Waals surface area contributed by atoms with Gasteiger partial charge in [-0.3, -0.25) is 14.9 Å². The Morgan fingerprint density at radius 3 is 2.64 bits per heavy atom. The summed E-state index contributed by atoms with van der Waals surface area (Å²) in [6.07, 6.45) is 4.57. The molecule has 1 aliphatic carbocycles. The molecule has 28 heavy (non-hydrogen) atoms. The van der Waals surface area contributed by atoms with Crippen LogP contribution in [0.3, 0.4) is 0 Å². The van der Waals surface area contributed by atoms with Gasteiger partial charge in [0.1, 0.15) is 12.2 Å². The van der Waals surface area contributed by atoms with E-state index in [1.807, 2.05) is 6.07 Å². The van der Waals surface area contributed by atoms with E-state index >= 15 is 0 Å². The van der Waals surface area contributed by atoms with Crippen LogP contribution in [0.15, 0.2) is 42.6 Å². The lowest BCUT2D eigenvalue weighted by atomic mass is 9.92. The standard InChI is InChI=1S/C20H20N4O4/c21-12-14-5-10-20(22-13-14)28-17-8-6-16(7-9-17)23-19(25)11-15-3-1-2-4-18(15)24(26)27/h1-5,10,13,16-17H,6-9,11H2,(H,23,25). The molecule has 1 N–H and O–H groups in total. The lowest BCUT2D eigenvalue weighted by molar-refractivity contribution is -0.385. The number of benzene rings is 1. The van der Waals surface area contributed by atoms with Crippen molar-refractivity contribution in [2.75, 3.05) is 0 Å². The molecule has 1 aromatic heterocycles. The molecule has 8 nitrogen and oxygen atoms in total. The molecule has 144 valence electrons. The van der Waals surface area contributed by atoms with Crippen molar-refractivity contribution < 1.29 is 14.5 Å². The molecule has 1 amide bonds. The summed E-state index contributed by atoms with van der Waals surface area (Å²) in [4.78, 5) is 27.0. The van der Waals surface area contributed by atoms with Crippen LogP contribution >= 0.6 is 0 Å². The van der Waals surface area contributed by atoms with Crippen molar-refractivity contribution in [2.24, 2.45) is 0 Å². The fourth-order valence-corrected chi connectivity index (χ4v) is 3.30. The van der Waals surface area contributed by atoms with Crippen molar-refractivity contribution in [3.8, 4) is 11.9 Å². The molecule has 2 aromatic rings. The van der Waals surface area contributed by atoms with Crippen molar-refractivity contribution in [1.82, 2.24) is 10.3 Å². The molecule has 3 rings (SSSR count). The lowest BCUT2D eigenvalue weighted by Gasteiger charge is -2.29. The van der Waals surface area contributed by atoms with Gasteiger partial charge in [0.2, 0.25) is 11.8 Å². The van der Waals surface area contributed by atoms with Crippen LogP contribution in [0.4, 0.5) is 5.69 Å². The molecule has 1 fully saturated rings. The number of nitro benzene ring substituents is 1. The quantitative estimate of drug-likeness (QED) is 0.608. The number of ether oxygens (including phenoxy) is 1. The third-order valence-corrected chi connectivity index (χ3v) is 4.73. The number of nitrogens with zero attached hydrogens (tertiary/aromatic N) is 3. The van der Waals surface area contributed by atoms with Gasteiger partial charge in [0, 0.05) is 29.9 Å². The van der Waals surface area contributed by atoms with Gasteiger partial charge in [-0.25, -0.2) is 4.98 Å². The Bertz CT molecular complexity index is 884. The molecular weight excluding hydrogens is 360 g/mol. The largest absolute Gasteiger partial charge is 0.474 e. The van der Waals surface area contributed by atoms with E-state index in [0.29, 0.717) is 17.0 Å². The maximum Gasteiger partial charge on any atom is 0.273 e. The fraction of sp³-hybridized carbons (Fsp3) is 0.350. The number of aromatic nitrogens is 1. The van der Waals surface area contributed by atoms with Gasteiger partial charge >= 0.3 is 0 Å². The summed E-state index contributed by atoms with van der Waals surface area (Å²) in [5.41, 5.74) is 0.857. The van der Waals surface area contributed by atoms with E-state index < -0.39 is 4.92 Å². The molecule has 0 bridgehead atoms. The number of carbonyl (C=O) groups excluding carboxylic acids is 1. The number of para-hydroxylation sites is 1. The van der Waals surface area contributed by atoms with Crippen LogP contribution in [0.2, 0.25) is 0 Å². The van der Waals surface area contributed by atoms with Gasteiger partial charge < -0.3 is 10.1 Å². The van der Waals surface area contributed by atoms with Crippen LogP contribution in [0.25, 0.3) is 0 Å². The first kappa shape index (κ1) is 19.3. The molecule has 0 spiro atoms. The highest BCUT2D eigenvalue weighted by Gasteiger charge is 2.24. The Balaban J connectivity index is 1.47. The molecule has 0 aliphatic heterocycles. The Hall–Kier alpha value is -3.47. The maximum absolute atomic E-state index is 12.3.